The molecule has 0 spiro atoms. The summed E-state index contributed by atoms with van der Waals surface area (Å²) in [6.07, 6.45) is -2.66. The number of amides is 1. The van der Waals surface area contributed by atoms with Crippen molar-refractivity contribution in [3.05, 3.63) is 50.5 Å². The van der Waals surface area contributed by atoms with Gasteiger partial charge in [-0.05, 0) is 44.7 Å². The summed E-state index contributed by atoms with van der Waals surface area (Å²) in [5.74, 6) is -1.93. The molecule has 1 aromatic carbocycles. The molecule has 25 heavy (non-hydrogen) atoms. The van der Waals surface area contributed by atoms with Gasteiger partial charge in [-0.1, -0.05) is 6.07 Å². The Hall–Kier alpha value is -1.96. The van der Waals surface area contributed by atoms with Gasteiger partial charge in [0.2, 0.25) is 0 Å². The zero-order valence-corrected chi connectivity index (χ0v) is 14.5. The van der Waals surface area contributed by atoms with Crippen LogP contribution in [0.4, 0.5) is 17.6 Å². The number of benzene rings is 1. The van der Waals surface area contributed by atoms with Gasteiger partial charge in [0, 0.05) is 17.1 Å². The van der Waals surface area contributed by atoms with Gasteiger partial charge in [0.15, 0.2) is 4.80 Å². The van der Waals surface area contributed by atoms with Crippen molar-refractivity contribution in [1.82, 2.24) is 4.57 Å². The molecular weight excluding hydrogens is 356 g/mol. The third-order valence-corrected chi connectivity index (χ3v) is 5.35. The maximum atomic E-state index is 14.0. The minimum Gasteiger partial charge on any atom is -0.320 e. The number of hydrogen-bond donors (Lipinski definition) is 0. The van der Waals surface area contributed by atoms with Crippen LogP contribution in [-0.2, 0) is 12.7 Å². The first-order chi connectivity index (χ1) is 11.7. The highest BCUT2D eigenvalue weighted by Crippen LogP contribution is 2.33. The van der Waals surface area contributed by atoms with Crippen LogP contribution >= 0.6 is 11.3 Å². The second-order valence-corrected chi connectivity index (χ2v) is 7.34. The Morgan fingerprint density at radius 2 is 2.00 bits per heavy atom. The lowest BCUT2D eigenvalue weighted by atomic mass is 10.1. The molecule has 1 aliphatic carbocycles. The lowest BCUT2D eigenvalue weighted by Crippen LogP contribution is -2.21. The topological polar surface area (TPSA) is 34.4 Å². The van der Waals surface area contributed by atoms with E-state index < -0.39 is 29.0 Å². The first-order valence-electron chi connectivity index (χ1n) is 7.80. The van der Waals surface area contributed by atoms with E-state index in [0.29, 0.717) is 23.3 Å². The summed E-state index contributed by atoms with van der Waals surface area (Å²) < 4.78 is 55.1. The molecule has 1 amide bonds. The van der Waals surface area contributed by atoms with Crippen LogP contribution in [0.15, 0.2) is 23.2 Å². The number of thiazole rings is 1. The number of halogens is 4. The normalized spacial score (nSPS) is 15.7. The van der Waals surface area contributed by atoms with Crippen molar-refractivity contribution in [2.45, 2.75) is 39.4 Å². The van der Waals surface area contributed by atoms with Gasteiger partial charge in [-0.15, -0.1) is 11.3 Å². The van der Waals surface area contributed by atoms with E-state index in [1.165, 1.54) is 11.3 Å². The molecule has 2 aromatic rings. The fraction of sp³-hybridized carbons (Fsp3) is 0.412. The molecule has 3 nitrogen and oxygen atoms in total. The molecule has 134 valence electrons. The van der Waals surface area contributed by atoms with Gasteiger partial charge in [-0.2, -0.15) is 18.2 Å². The van der Waals surface area contributed by atoms with Crippen molar-refractivity contribution in [2.75, 3.05) is 0 Å². The Morgan fingerprint density at radius 3 is 2.60 bits per heavy atom. The second-order valence-electron chi connectivity index (χ2n) is 6.16. The summed E-state index contributed by atoms with van der Waals surface area (Å²) in [6, 6.07) is 2.46. The predicted molar refractivity (Wildman–Crippen MR) is 85.8 cm³/mol. The summed E-state index contributed by atoms with van der Waals surface area (Å²) in [5.41, 5.74) is -1.41. The van der Waals surface area contributed by atoms with E-state index in [4.69, 9.17) is 0 Å². The number of hydrogen-bond acceptors (Lipinski definition) is 2. The first kappa shape index (κ1) is 17.8. The lowest BCUT2D eigenvalue weighted by molar-refractivity contribution is -0.138. The minimum atomic E-state index is -4.83. The maximum absolute atomic E-state index is 14.0. The molecule has 1 aromatic heterocycles. The molecule has 0 bridgehead atoms. The highest BCUT2D eigenvalue weighted by Gasteiger charge is 2.36. The smallest absolute Gasteiger partial charge is 0.320 e. The summed E-state index contributed by atoms with van der Waals surface area (Å²) in [7, 11) is 0. The Morgan fingerprint density at radius 1 is 1.32 bits per heavy atom. The molecule has 0 N–H and O–H groups in total. The largest absolute Gasteiger partial charge is 0.417 e. The summed E-state index contributed by atoms with van der Waals surface area (Å²) in [6.45, 7) is 4.41. The SMILES string of the molecule is Cc1s/c(=N\C(=O)c2c(F)cccc2C(F)(F)F)n(CC2CC2)c1C. The number of rotatable bonds is 3. The molecule has 8 heteroatoms. The monoisotopic (exact) mass is 372 g/mol. The second kappa shape index (κ2) is 6.40. The molecule has 1 aliphatic rings. The van der Waals surface area contributed by atoms with Crippen LogP contribution in [-0.4, -0.2) is 10.5 Å². The molecule has 0 aliphatic heterocycles. The van der Waals surface area contributed by atoms with Crippen LogP contribution in [0.25, 0.3) is 0 Å². The van der Waals surface area contributed by atoms with E-state index in [9.17, 15) is 22.4 Å². The van der Waals surface area contributed by atoms with Gasteiger partial charge < -0.3 is 4.57 Å². The summed E-state index contributed by atoms with van der Waals surface area (Å²) >= 11 is 1.22. The Labute approximate surface area is 145 Å². The molecular formula is C17H16F4N2OS. The molecule has 0 saturated heterocycles. The Bertz CT molecular complexity index is 891. The molecule has 1 heterocycles. The van der Waals surface area contributed by atoms with Gasteiger partial charge in [-0.25, -0.2) is 4.39 Å². The van der Waals surface area contributed by atoms with Crippen molar-refractivity contribution in [2.24, 2.45) is 10.9 Å². The average molecular weight is 372 g/mol. The highest BCUT2D eigenvalue weighted by atomic mass is 32.1. The molecule has 1 fully saturated rings. The molecule has 3 rings (SSSR count). The lowest BCUT2D eigenvalue weighted by Gasteiger charge is -2.11. The predicted octanol–water partition coefficient (Wildman–Crippen LogP) is 4.48. The molecule has 1 saturated carbocycles. The van der Waals surface area contributed by atoms with Crippen LogP contribution in [0.1, 0.15) is 39.3 Å². The first-order valence-corrected chi connectivity index (χ1v) is 8.61. The number of alkyl halides is 3. The number of nitrogens with zero attached hydrogens (tertiary/aromatic N) is 2. The van der Waals surface area contributed by atoms with Crippen molar-refractivity contribution in [3.63, 3.8) is 0 Å². The van der Waals surface area contributed by atoms with Crippen LogP contribution in [0.3, 0.4) is 0 Å². The van der Waals surface area contributed by atoms with Crippen molar-refractivity contribution >= 4 is 17.2 Å². The van der Waals surface area contributed by atoms with Crippen LogP contribution in [0.2, 0.25) is 0 Å². The Balaban J connectivity index is 2.09. The van der Waals surface area contributed by atoms with E-state index >= 15 is 0 Å². The van der Waals surface area contributed by atoms with Crippen LogP contribution < -0.4 is 4.80 Å². The summed E-state index contributed by atoms with van der Waals surface area (Å²) in [5, 5.41) is 0. The van der Waals surface area contributed by atoms with Gasteiger partial charge in [0.05, 0.1) is 11.1 Å². The van der Waals surface area contributed by atoms with E-state index in [0.717, 1.165) is 35.5 Å². The molecule has 0 radical (unpaired) electrons. The van der Waals surface area contributed by atoms with E-state index in [1.54, 1.807) is 0 Å². The zero-order chi connectivity index (χ0) is 18.4. The van der Waals surface area contributed by atoms with E-state index in [2.05, 4.69) is 4.99 Å². The fourth-order valence-corrected chi connectivity index (χ4v) is 3.56. The standard InChI is InChI=1S/C17H16F4N2OS/c1-9-10(2)25-16(23(9)8-11-6-7-11)22-15(24)14-12(17(19,20)21)4-3-5-13(14)18/h3-5,11H,6-8H2,1-2H3/b22-16-. The Kier molecular flexibility index (Phi) is 4.57. The van der Waals surface area contributed by atoms with Gasteiger partial charge in [-0.3, -0.25) is 4.79 Å². The molecule has 0 unspecified atom stereocenters. The minimum absolute atomic E-state index is 0.309. The van der Waals surface area contributed by atoms with E-state index in [-0.39, 0.29) is 0 Å². The number of aryl methyl sites for hydroxylation is 1. The third-order valence-electron chi connectivity index (χ3n) is 4.26. The number of aromatic nitrogens is 1. The average Bonchev–Trinajstić information content (AvgIpc) is 3.29. The third kappa shape index (κ3) is 3.68. The van der Waals surface area contributed by atoms with Crippen molar-refractivity contribution in [1.29, 1.82) is 0 Å². The van der Waals surface area contributed by atoms with Crippen LogP contribution in [0, 0.1) is 25.6 Å². The highest BCUT2D eigenvalue weighted by molar-refractivity contribution is 7.09. The fourth-order valence-electron chi connectivity index (χ4n) is 2.58. The number of carbonyl (C=O) groups excluding carboxylic acids is 1. The zero-order valence-electron chi connectivity index (χ0n) is 13.7. The number of carbonyl (C=O) groups is 1. The summed E-state index contributed by atoms with van der Waals surface area (Å²) in [4.78, 5) is 17.4. The maximum Gasteiger partial charge on any atom is 0.417 e. The molecule has 0 atom stereocenters. The van der Waals surface area contributed by atoms with Crippen LogP contribution in [0.5, 0.6) is 0 Å². The quantitative estimate of drug-likeness (QED) is 0.732. The van der Waals surface area contributed by atoms with Crippen molar-refractivity contribution in [3.8, 4) is 0 Å². The van der Waals surface area contributed by atoms with Crippen molar-refractivity contribution < 1.29 is 22.4 Å². The van der Waals surface area contributed by atoms with Gasteiger partial charge in [0.25, 0.3) is 5.91 Å². The van der Waals surface area contributed by atoms with E-state index in [1.807, 2.05) is 18.4 Å². The van der Waals surface area contributed by atoms with Gasteiger partial charge in [0.1, 0.15) is 5.82 Å². The van der Waals surface area contributed by atoms with Gasteiger partial charge >= 0.3 is 6.18 Å².